The molecule has 2 rings (SSSR count). The van der Waals surface area contributed by atoms with Crippen LogP contribution < -0.4 is 4.72 Å². The van der Waals surface area contributed by atoms with E-state index < -0.39 is 10.0 Å². The summed E-state index contributed by atoms with van der Waals surface area (Å²) in [7, 11) is -3.57. The van der Waals surface area contributed by atoms with Crippen molar-refractivity contribution in [2.24, 2.45) is 0 Å². The van der Waals surface area contributed by atoms with Gasteiger partial charge in [0.15, 0.2) is 0 Å². The molecule has 7 heteroatoms. The highest BCUT2D eigenvalue weighted by Gasteiger charge is 2.17. The number of aryl methyl sites for hydroxylation is 1. The van der Waals surface area contributed by atoms with Crippen LogP contribution in [0.2, 0.25) is 0 Å². The molecule has 2 N–H and O–H groups in total. The molecular weight excluding hydrogens is 264 g/mol. The van der Waals surface area contributed by atoms with Crippen molar-refractivity contribution in [3.8, 4) is 6.07 Å². The number of sulfonamides is 1. The smallest absolute Gasteiger partial charge is 0.244 e. The molecule has 19 heavy (non-hydrogen) atoms. The Balaban J connectivity index is 2.10. The van der Waals surface area contributed by atoms with Crippen LogP contribution >= 0.6 is 0 Å². The van der Waals surface area contributed by atoms with Gasteiger partial charge in [-0.2, -0.15) is 10.4 Å². The first-order chi connectivity index (χ1) is 9.03. The highest BCUT2D eigenvalue weighted by atomic mass is 32.2. The number of H-pyrrole nitrogens is 1. The Bertz CT molecular complexity index is 711. The van der Waals surface area contributed by atoms with Gasteiger partial charge in [-0.25, -0.2) is 13.1 Å². The van der Waals surface area contributed by atoms with Crippen molar-refractivity contribution >= 4 is 10.0 Å². The number of nitrogens with one attached hydrogen (secondary N) is 2. The number of hydrogen-bond acceptors (Lipinski definition) is 4. The molecule has 0 aliphatic carbocycles. The average Bonchev–Trinajstić information content (AvgIpc) is 2.84. The molecule has 0 amide bonds. The van der Waals surface area contributed by atoms with Crippen molar-refractivity contribution in [2.45, 2.75) is 18.4 Å². The van der Waals surface area contributed by atoms with E-state index in [9.17, 15) is 8.42 Å². The fraction of sp³-hybridized carbons (Fsp3) is 0.167. The molecule has 0 aliphatic rings. The Kier molecular flexibility index (Phi) is 3.64. The first kappa shape index (κ1) is 13.3. The topological polar surface area (TPSA) is 98.6 Å². The second-order valence-corrected chi connectivity index (χ2v) is 5.73. The molecule has 0 unspecified atom stereocenters. The van der Waals surface area contributed by atoms with Crippen LogP contribution in [0, 0.1) is 18.3 Å². The molecule has 0 fully saturated rings. The first-order valence-electron chi connectivity index (χ1n) is 5.51. The van der Waals surface area contributed by atoms with Gasteiger partial charge in [0.1, 0.15) is 4.90 Å². The summed E-state index contributed by atoms with van der Waals surface area (Å²) in [5.74, 6) is 0. The number of benzene rings is 1. The summed E-state index contributed by atoms with van der Waals surface area (Å²) >= 11 is 0. The van der Waals surface area contributed by atoms with E-state index in [2.05, 4.69) is 14.9 Å². The second-order valence-electron chi connectivity index (χ2n) is 3.99. The van der Waals surface area contributed by atoms with E-state index in [1.165, 1.54) is 6.20 Å². The Labute approximate surface area is 111 Å². The van der Waals surface area contributed by atoms with Gasteiger partial charge in [-0.15, -0.1) is 0 Å². The van der Waals surface area contributed by atoms with Crippen molar-refractivity contribution in [1.29, 1.82) is 5.26 Å². The largest absolute Gasteiger partial charge is 0.281 e. The van der Waals surface area contributed by atoms with E-state index >= 15 is 0 Å². The van der Waals surface area contributed by atoms with Crippen LogP contribution in [0.1, 0.15) is 16.8 Å². The second kappa shape index (κ2) is 5.22. The summed E-state index contributed by atoms with van der Waals surface area (Å²) in [6.07, 6.45) is 1.27. The molecule has 1 heterocycles. The minimum atomic E-state index is -3.57. The van der Waals surface area contributed by atoms with Crippen LogP contribution in [0.25, 0.3) is 0 Å². The van der Waals surface area contributed by atoms with Crippen LogP contribution in [0.5, 0.6) is 0 Å². The SMILES string of the molecule is Cc1[nH]ncc1S(=O)(=O)NCc1ccc(C#N)cc1. The van der Waals surface area contributed by atoms with Gasteiger partial charge < -0.3 is 0 Å². The summed E-state index contributed by atoms with van der Waals surface area (Å²) in [5.41, 5.74) is 1.81. The number of nitriles is 1. The Morgan fingerprint density at radius 2 is 2.05 bits per heavy atom. The summed E-state index contributed by atoms with van der Waals surface area (Å²) in [4.78, 5) is 0.140. The van der Waals surface area contributed by atoms with Crippen molar-refractivity contribution in [3.63, 3.8) is 0 Å². The lowest BCUT2D eigenvalue weighted by Crippen LogP contribution is -2.23. The molecule has 0 atom stereocenters. The third kappa shape index (κ3) is 2.99. The summed E-state index contributed by atoms with van der Waals surface area (Å²) in [6, 6.07) is 8.72. The minimum absolute atomic E-state index is 0.140. The molecule has 0 aliphatic heterocycles. The van der Waals surface area contributed by atoms with Crippen molar-refractivity contribution in [3.05, 3.63) is 47.3 Å². The summed E-state index contributed by atoms with van der Waals surface area (Å²) in [5, 5.41) is 14.9. The van der Waals surface area contributed by atoms with E-state index in [-0.39, 0.29) is 11.4 Å². The maximum atomic E-state index is 12.0. The lowest BCUT2D eigenvalue weighted by atomic mass is 10.1. The van der Waals surface area contributed by atoms with Crippen LogP contribution in [-0.2, 0) is 16.6 Å². The summed E-state index contributed by atoms with van der Waals surface area (Å²) in [6.45, 7) is 1.81. The lowest BCUT2D eigenvalue weighted by molar-refractivity contribution is 0.581. The Morgan fingerprint density at radius 1 is 1.37 bits per heavy atom. The van der Waals surface area contributed by atoms with E-state index in [1.807, 2.05) is 6.07 Å². The van der Waals surface area contributed by atoms with Gasteiger partial charge in [0.05, 0.1) is 23.5 Å². The molecule has 0 saturated heterocycles. The quantitative estimate of drug-likeness (QED) is 0.872. The molecular formula is C12H12N4O2S. The minimum Gasteiger partial charge on any atom is -0.281 e. The zero-order valence-corrected chi connectivity index (χ0v) is 11.0. The number of nitrogens with zero attached hydrogens (tertiary/aromatic N) is 2. The first-order valence-corrected chi connectivity index (χ1v) is 7.00. The van der Waals surface area contributed by atoms with Gasteiger partial charge in [0, 0.05) is 6.54 Å². The monoisotopic (exact) mass is 276 g/mol. The van der Waals surface area contributed by atoms with Gasteiger partial charge >= 0.3 is 0 Å². The molecule has 6 nitrogen and oxygen atoms in total. The highest BCUT2D eigenvalue weighted by molar-refractivity contribution is 7.89. The Hall–Kier alpha value is -2.17. The maximum Gasteiger partial charge on any atom is 0.244 e. The predicted molar refractivity (Wildman–Crippen MR) is 68.5 cm³/mol. The normalized spacial score (nSPS) is 11.2. The van der Waals surface area contributed by atoms with E-state index in [4.69, 9.17) is 5.26 Å². The molecule has 98 valence electrons. The van der Waals surface area contributed by atoms with Gasteiger partial charge in [-0.1, -0.05) is 12.1 Å². The molecule has 0 bridgehead atoms. The predicted octanol–water partition coefficient (Wildman–Crippen LogP) is 1.07. The van der Waals surface area contributed by atoms with Gasteiger partial charge in [-0.3, -0.25) is 5.10 Å². The summed E-state index contributed by atoms with van der Waals surface area (Å²) < 4.78 is 26.5. The van der Waals surface area contributed by atoms with Gasteiger partial charge in [0.25, 0.3) is 0 Å². The zero-order chi connectivity index (χ0) is 13.9. The molecule has 1 aromatic heterocycles. The standard InChI is InChI=1S/C12H12N4O2S/c1-9-12(8-14-16-9)19(17,18)15-7-11-4-2-10(6-13)3-5-11/h2-5,8,15H,7H2,1H3,(H,14,16). The van der Waals surface area contributed by atoms with Crippen molar-refractivity contribution < 1.29 is 8.42 Å². The molecule has 0 radical (unpaired) electrons. The fourth-order valence-electron chi connectivity index (χ4n) is 1.56. The highest BCUT2D eigenvalue weighted by Crippen LogP contribution is 2.11. The van der Waals surface area contributed by atoms with Gasteiger partial charge in [0.2, 0.25) is 10.0 Å². The third-order valence-electron chi connectivity index (χ3n) is 2.62. The molecule has 1 aromatic carbocycles. The van der Waals surface area contributed by atoms with Crippen LogP contribution in [0.3, 0.4) is 0 Å². The van der Waals surface area contributed by atoms with Crippen molar-refractivity contribution in [2.75, 3.05) is 0 Å². The van der Waals surface area contributed by atoms with Crippen LogP contribution in [0.4, 0.5) is 0 Å². The van der Waals surface area contributed by atoms with E-state index in [1.54, 1.807) is 31.2 Å². The van der Waals surface area contributed by atoms with Crippen LogP contribution in [0.15, 0.2) is 35.4 Å². The molecule has 2 aromatic rings. The Morgan fingerprint density at radius 3 is 2.58 bits per heavy atom. The average molecular weight is 276 g/mol. The van der Waals surface area contributed by atoms with Crippen molar-refractivity contribution in [1.82, 2.24) is 14.9 Å². The number of rotatable bonds is 4. The zero-order valence-electron chi connectivity index (χ0n) is 10.2. The number of aromatic amines is 1. The number of aromatic nitrogens is 2. The van der Waals surface area contributed by atoms with E-state index in [0.29, 0.717) is 11.3 Å². The third-order valence-corrected chi connectivity index (χ3v) is 4.14. The molecule has 0 spiro atoms. The molecule has 0 saturated carbocycles. The maximum absolute atomic E-state index is 12.0. The van der Waals surface area contributed by atoms with Crippen LogP contribution in [-0.4, -0.2) is 18.6 Å². The van der Waals surface area contributed by atoms with Gasteiger partial charge in [-0.05, 0) is 24.6 Å². The fourth-order valence-corrected chi connectivity index (χ4v) is 2.72. The van der Waals surface area contributed by atoms with E-state index in [0.717, 1.165) is 5.56 Å². The lowest BCUT2D eigenvalue weighted by Gasteiger charge is -2.05. The number of hydrogen-bond donors (Lipinski definition) is 2.